The highest BCUT2D eigenvalue weighted by atomic mass is 16.4. The van der Waals surface area contributed by atoms with Gasteiger partial charge in [-0.25, -0.2) is 0 Å². The maximum Gasteiger partial charge on any atom is 0.305 e. The van der Waals surface area contributed by atoms with Gasteiger partial charge in [0.2, 0.25) is 5.91 Å². The van der Waals surface area contributed by atoms with Crippen molar-refractivity contribution in [2.24, 2.45) is 5.92 Å². The third-order valence-electron chi connectivity index (χ3n) is 2.94. The SMILES string of the molecule is CCN(CCC(=O)O)C(=O)C1CCCNC1. The Labute approximate surface area is 95.8 Å². The Bertz CT molecular complexity index is 250. The van der Waals surface area contributed by atoms with Crippen molar-refractivity contribution in [3.05, 3.63) is 0 Å². The second-order valence-corrected chi connectivity index (χ2v) is 4.10. The van der Waals surface area contributed by atoms with Gasteiger partial charge in [-0.15, -0.1) is 0 Å². The molecule has 1 amide bonds. The van der Waals surface area contributed by atoms with Gasteiger partial charge in [-0.2, -0.15) is 0 Å². The van der Waals surface area contributed by atoms with Crippen LogP contribution >= 0.6 is 0 Å². The predicted molar refractivity (Wildman–Crippen MR) is 60.1 cm³/mol. The van der Waals surface area contributed by atoms with E-state index in [2.05, 4.69) is 5.32 Å². The van der Waals surface area contributed by atoms with E-state index in [1.165, 1.54) is 0 Å². The normalized spacial score (nSPS) is 20.4. The smallest absolute Gasteiger partial charge is 0.305 e. The van der Waals surface area contributed by atoms with Gasteiger partial charge < -0.3 is 15.3 Å². The molecule has 1 atom stereocenters. The van der Waals surface area contributed by atoms with E-state index < -0.39 is 5.97 Å². The average molecular weight is 228 g/mol. The maximum atomic E-state index is 12.0. The summed E-state index contributed by atoms with van der Waals surface area (Å²) in [5.74, 6) is -0.730. The number of carbonyl (C=O) groups is 2. The molecule has 0 spiro atoms. The van der Waals surface area contributed by atoms with Crippen LogP contribution in [-0.4, -0.2) is 48.1 Å². The Hall–Kier alpha value is -1.10. The first-order valence-corrected chi connectivity index (χ1v) is 5.86. The highest BCUT2D eigenvalue weighted by molar-refractivity contribution is 5.79. The molecular formula is C11H20N2O3. The Morgan fingerprint density at radius 3 is 2.75 bits per heavy atom. The number of aliphatic carboxylic acids is 1. The van der Waals surface area contributed by atoms with Crippen molar-refractivity contribution in [1.29, 1.82) is 0 Å². The average Bonchev–Trinajstić information content (AvgIpc) is 2.30. The number of hydrogen-bond donors (Lipinski definition) is 2. The van der Waals surface area contributed by atoms with Gasteiger partial charge in [0, 0.05) is 19.6 Å². The number of carboxylic acids is 1. The van der Waals surface area contributed by atoms with Gasteiger partial charge in [-0.1, -0.05) is 0 Å². The van der Waals surface area contributed by atoms with Gasteiger partial charge >= 0.3 is 5.97 Å². The number of piperidine rings is 1. The predicted octanol–water partition coefficient (Wildman–Crippen LogP) is 0.309. The lowest BCUT2D eigenvalue weighted by molar-refractivity contribution is -0.139. The van der Waals surface area contributed by atoms with Gasteiger partial charge in [-0.05, 0) is 26.3 Å². The number of carboxylic acid groups (broad SMARTS) is 1. The summed E-state index contributed by atoms with van der Waals surface area (Å²) in [6, 6.07) is 0. The van der Waals surface area contributed by atoms with Crippen LogP contribution in [0.4, 0.5) is 0 Å². The molecule has 5 heteroatoms. The minimum Gasteiger partial charge on any atom is -0.481 e. The van der Waals surface area contributed by atoms with E-state index in [4.69, 9.17) is 5.11 Å². The van der Waals surface area contributed by atoms with Crippen LogP contribution in [0, 0.1) is 5.92 Å². The Morgan fingerprint density at radius 1 is 1.50 bits per heavy atom. The Balaban J connectivity index is 2.44. The minimum absolute atomic E-state index is 0.0275. The highest BCUT2D eigenvalue weighted by Gasteiger charge is 2.25. The van der Waals surface area contributed by atoms with E-state index in [0.29, 0.717) is 13.1 Å². The lowest BCUT2D eigenvalue weighted by Gasteiger charge is -2.28. The van der Waals surface area contributed by atoms with E-state index in [9.17, 15) is 9.59 Å². The monoisotopic (exact) mass is 228 g/mol. The molecule has 0 saturated carbocycles. The van der Waals surface area contributed by atoms with Crippen molar-refractivity contribution in [1.82, 2.24) is 10.2 Å². The molecule has 2 N–H and O–H groups in total. The first-order chi connectivity index (χ1) is 7.65. The quantitative estimate of drug-likeness (QED) is 0.710. The fourth-order valence-corrected chi connectivity index (χ4v) is 1.98. The number of amides is 1. The van der Waals surface area contributed by atoms with E-state index in [-0.39, 0.29) is 18.2 Å². The molecule has 1 rings (SSSR count). The fourth-order valence-electron chi connectivity index (χ4n) is 1.98. The van der Waals surface area contributed by atoms with Crippen molar-refractivity contribution in [3.63, 3.8) is 0 Å². The van der Waals surface area contributed by atoms with E-state index in [1.54, 1.807) is 4.90 Å². The summed E-state index contributed by atoms with van der Waals surface area (Å²) in [5.41, 5.74) is 0. The molecule has 0 aromatic rings. The van der Waals surface area contributed by atoms with Crippen molar-refractivity contribution in [3.8, 4) is 0 Å². The molecule has 1 aliphatic heterocycles. The third kappa shape index (κ3) is 3.81. The molecule has 0 aliphatic carbocycles. The van der Waals surface area contributed by atoms with Gasteiger partial charge in [0.05, 0.1) is 12.3 Å². The summed E-state index contributed by atoms with van der Waals surface area (Å²) < 4.78 is 0. The number of hydrogen-bond acceptors (Lipinski definition) is 3. The van der Waals surface area contributed by atoms with Crippen LogP contribution in [0.1, 0.15) is 26.2 Å². The summed E-state index contributed by atoms with van der Waals surface area (Å²) in [6.07, 6.45) is 1.96. The van der Waals surface area contributed by atoms with Crippen LogP contribution in [0.3, 0.4) is 0 Å². The molecule has 1 saturated heterocycles. The standard InChI is InChI=1S/C11H20N2O3/c1-2-13(7-5-10(14)15)11(16)9-4-3-6-12-8-9/h9,12H,2-8H2,1H3,(H,14,15). The molecule has 1 unspecified atom stereocenters. The van der Waals surface area contributed by atoms with E-state index in [1.807, 2.05) is 6.92 Å². The zero-order valence-electron chi connectivity index (χ0n) is 9.74. The highest BCUT2D eigenvalue weighted by Crippen LogP contribution is 2.13. The summed E-state index contributed by atoms with van der Waals surface area (Å²) in [5, 5.41) is 11.8. The number of nitrogens with zero attached hydrogens (tertiary/aromatic N) is 1. The molecule has 5 nitrogen and oxygen atoms in total. The van der Waals surface area contributed by atoms with Gasteiger partial charge in [0.25, 0.3) is 0 Å². The van der Waals surface area contributed by atoms with Crippen molar-refractivity contribution >= 4 is 11.9 Å². The van der Waals surface area contributed by atoms with Crippen LogP contribution in [-0.2, 0) is 9.59 Å². The fraction of sp³-hybridized carbons (Fsp3) is 0.818. The number of carbonyl (C=O) groups excluding carboxylic acids is 1. The molecule has 16 heavy (non-hydrogen) atoms. The number of rotatable bonds is 5. The summed E-state index contributed by atoms with van der Waals surface area (Å²) in [7, 11) is 0. The lowest BCUT2D eigenvalue weighted by atomic mass is 9.98. The van der Waals surface area contributed by atoms with Crippen molar-refractivity contribution in [2.45, 2.75) is 26.2 Å². The van der Waals surface area contributed by atoms with Crippen LogP contribution in [0.15, 0.2) is 0 Å². The maximum absolute atomic E-state index is 12.0. The van der Waals surface area contributed by atoms with Crippen molar-refractivity contribution < 1.29 is 14.7 Å². The zero-order chi connectivity index (χ0) is 12.0. The molecule has 0 bridgehead atoms. The largest absolute Gasteiger partial charge is 0.481 e. The van der Waals surface area contributed by atoms with Crippen molar-refractivity contribution in [2.75, 3.05) is 26.2 Å². The minimum atomic E-state index is -0.854. The molecule has 1 aliphatic rings. The van der Waals surface area contributed by atoms with Crippen LogP contribution in [0.2, 0.25) is 0 Å². The number of nitrogens with one attached hydrogen (secondary N) is 1. The van der Waals surface area contributed by atoms with E-state index >= 15 is 0 Å². The van der Waals surface area contributed by atoms with Crippen LogP contribution in [0.25, 0.3) is 0 Å². The molecule has 1 heterocycles. The first-order valence-electron chi connectivity index (χ1n) is 5.86. The molecule has 92 valence electrons. The molecule has 0 radical (unpaired) electrons. The van der Waals surface area contributed by atoms with Gasteiger partial charge in [0.15, 0.2) is 0 Å². The summed E-state index contributed by atoms with van der Waals surface area (Å²) >= 11 is 0. The topological polar surface area (TPSA) is 69.6 Å². The molecule has 0 aromatic carbocycles. The summed E-state index contributed by atoms with van der Waals surface area (Å²) in [6.45, 7) is 4.49. The first kappa shape index (κ1) is 13.0. The van der Waals surface area contributed by atoms with Crippen LogP contribution < -0.4 is 5.32 Å². The molecule has 0 aromatic heterocycles. The second-order valence-electron chi connectivity index (χ2n) is 4.10. The van der Waals surface area contributed by atoms with Gasteiger partial charge in [0.1, 0.15) is 0 Å². The lowest BCUT2D eigenvalue weighted by Crippen LogP contribution is -2.43. The molecule has 1 fully saturated rings. The third-order valence-corrected chi connectivity index (χ3v) is 2.94. The second kappa shape index (κ2) is 6.48. The summed E-state index contributed by atoms with van der Waals surface area (Å²) in [4.78, 5) is 24.1. The van der Waals surface area contributed by atoms with E-state index in [0.717, 1.165) is 25.9 Å². The Morgan fingerprint density at radius 2 is 2.25 bits per heavy atom. The molecular weight excluding hydrogens is 208 g/mol. The van der Waals surface area contributed by atoms with Gasteiger partial charge in [-0.3, -0.25) is 9.59 Å². The van der Waals surface area contributed by atoms with Crippen LogP contribution in [0.5, 0.6) is 0 Å². The Kier molecular flexibility index (Phi) is 5.25. The zero-order valence-corrected chi connectivity index (χ0v) is 9.74.